The lowest BCUT2D eigenvalue weighted by Gasteiger charge is -2.25. The molecule has 0 atom stereocenters. The summed E-state index contributed by atoms with van der Waals surface area (Å²) in [4.78, 5) is 25.2. The van der Waals surface area contributed by atoms with Gasteiger partial charge in [-0.2, -0.15) is 18.3 Å². The zero-order valence-corrected chi connectivity index (χ0v) is 19.3. The molecule has 2 aliphatic carbocycles. The van der Waals surface area contributed by atoms with E-state index in [0.717, 1.165) is 31.4 Å². The Labute approximate surface area is 203 Å². The maximum absolute atomic E-state index is 14.6. The number of anilines is 1. The van der Waals surface area contributed by atoms with Crippen LogP contribution in [0.1, 0.15) is 65.2 Å². The summed E-state index contributed by atoms with van der Waals surface area (Å²) in [6, 6.07) is 5.43. The summed E-state index contributed by atoms with van der Waals surface area (Å²) >= 11 is 0. The van der Waals surface area contributed by atoms with E-state index in [0.29, 0.717) is 28.8 Å². The first kappa shape index (κ1) is 24.0. The number of hydrogen-bond donors (Lipinski definition) is 2. The van der Waals surface area contributed by atoms with Crippen LogP contribution in [0.3, 0.4) is 0 Å². The molecule has 2 fully saturated rings. The van der Waals surface area contributed by atoms with Gasteiger partial charge in [0.05, 0.1) is 28.8 Å². The van der Waals surface area contributed by atoms with Gasteiger partial charge in [0.15, 0.2) is 0 Å². The fourth-order valence-electron chi connectivity index (χ4n) is 4.80. The number of carbonyl (C=O) groups excluding carboxylic acids is 1. The second-order valence-corrected chi connectivity index (χ2v) is 9.54. The maximum atomic E-state index is 14.6. The molecule has 36 heavy (non-hydrogen) atoms. The quantitative estimate of drug-likeness (QED) is 0.399. The number of carboxylic acid groups (broad SMARTS) is 1. The van der Waals surface area contributed by atoms with Crippen LogP contribution in [-0.4, -0.2) is 26.8 Å². The highest BCUT2D eigenvalue weighted by atomic mass is 19.4. The number of nitrogens with zero attached hydrogens (tertiary/aromatic N) is 2. The van der Waals surface area contributed by atoms with E-state index in [2.05, 4.69) is 10.4 Å². The summed E-state index contributed by atoms with van der Waals surface area (Å²) in [6.45, 7) is 1.72. The molecule has 6 nitrogen and oxygen atoms in total. The van der Waals surface area contributed by atoms with Crippen molar-refractivity contribution in [2.45, 2.75) is 56.7 Å². The summed E-state index contributed by atoms with van der Waals surface area (Å²) in [6.07, 6.45) is 2.47. The Bertz CT molecular complexity index is 1370. The number of carboxylic acids is 1. The monoisotopic (exact) mass is 501 g/mol. The molecule has 2 aromatic carbocycles. The first-order chi connectivity index (χ1) is 17.0. The van der Waals surface area contributed by atoms with Crippen LogP contribution in [-0.2, 0) is 16.4 Å². The minimum Gasteiger partial charge on any atom is -0.478 e. The van der Waals surface area contributed by atoms with Crippen molar-refractivity contribution in [2.75, 3.05) is 5.32 Å². The van der Waals surface area contributed by atoms with Crippen LogP contribution in [0, 0.1) is 12.7 Å². The molecule has 2 saturated carbocycles. The number of hydrogen-bond acceptors (Lipinski definition) is 3. The van der Waals surface area contributed by atoms with Gasteiger partial charge in [-0.25, -0.2) is 9.18 Å². The molecule has 0 aliphatic heterocycles. The minimum absolute atomic E-state index is 0.0241. The Morgan fingerprint density at radius 3 is 2.44 bits per heavy atom. The second-order valence-electron chi connectivity index (χ2n) is 9.54. The highest BCUT2D eigenvalue weighted by Gasteiger charge is 2.53. The predicted molar refractivity (Wildman–Crippen MR) is 123 cm³/mol. The molecule has 1 heterocycles. The van der Waals surface area contributed by atoms with Gasteiger partial charge in [0.1, 0.15) is 5.82 Å². The van der Waals surface area contributed by atoms with Gasteiger partial charge >= 0.3 is 12.1 Å². The number of aryl methyl sites for hydroxylation is 1. The van der Waals surface area contributed by atoms with E-state index in [4.69, 9.17) is 0 Å². The molecule has 3 aromatic rings. The van der Waals surface area contributed by atoms with E-state index < -0.39 is 34.8 Å². The van der Waals surface area contributed by atoms with Crippen molar-refractivity contribution in [3.8, 4) is 11.1 Å². The van der Waals surface area contributed by atoms with Gasteiger partial charge in [0.2, 0.25) is 5.91 Å². The van der Waals surface area contributed by atoms with Crippen molar-refractivity contribution >= 4 is 17.6 Å². The van der Waals surface area contributed by atoms with Crippen molar-refractivity contribution in [1.82, 2.24) is 9.78 Å². The SMILES string of the molecule is Cc1cc(NC(=O)C2(c3ccc(C(F)(F)F)cc3F)CC2)cc(C(=O)O)c1-c1cnn(C2CCC2)c1. The highest BCUT2D eigenvalue weighted by Crippen LogP contribution is 2.50. The van der Waals surface area contributed by atoms with Crippen LogP contribution in [0.2, 0.25) is 0 Å². The summed E-state index contributed by atoms with van der Waals surface area (Å²) in [7, 11) is 0. The molecule has 188 valence electrons. The third kappa shape index (κ3) is 4.14. The number of alkyl halides is 3. The molecule has 10 heteroatoms. The summed E-state index contributed by atoms with van der Waals surface area (Å²) in [5.41, 5.74) is -0.604. The average molecular weight is 501 g/mol. The zero-order valence-electron chi connectivity index (χ0n) is 19.3. The molecule has 5 rings (SSSR count). The van der Waals surface area contributed by atoms with Gasteiger partial charge < -0.3 is 10.4 Å². The predicted octanol–water partition coefficient (Wildman–Crippen LogP) is 6.11. The largest absolute Gasteiger partial charge is 0.478 e. The van der Waals surface area contributed by atoms with Gasteiger partial charge in [0.25, 0.3) is 0 Å². The molecule has 1 amide bonds. The van der Waals surface area contributed by atoms with E-state index in [-0.39, 0.29) is 29.7 Å². The number of aromatic carboxylic acids is 1. The van der Waals surface area contributed by atoms with Crippen LogP contribution in [0.15, 0.2) is 42.7 Å². The lowest BCUT2D eigenvalue weighted by atomic mass is 9.92. The number of aromatic nitrogens is 2. The third-order valence-corrected chi connectivity index (χ3v) is 7.16. The lowest BCUT2D eigenvalue weighted by Crippen LogP contribution is -2.29. The third-order valence-electron chi connectivity index (χ3n) is 7.16. The molecule has 0 spiro atoms. The second kappa shape index (κ2) is 8.46. The number of carbonyl (C=O) groups is 2. The zero-order chi connectivity index (χ0) is 25.8. The van der Waals surface area contributed by atoms with Gasteiger partial charge in [-0.1, -0.05) is 6.07 Å². The lowest BCUT2D eigenvalue weighted by molar-refractivity contribution is -0.137. The first-order valence-corrected chi connectivity index (χ1v) is 11.6. The first-order valence-electron chi connectivity index (χ1n) is 11.6. The molecule has 0 unspecified atom stereocenters. The smallest absolute Gasteiger partial charge is 0.416 e. The number of benzene rings is 2. The minimum atomic E-state index is -4.70. The number of nitrogens with one attached hydrogen (secondary N) is 1. The normalized spacial score (nSPS) is 16.9. The van der Waals surface area contributed by atoms with Crippen LogP contribution in [0.5, 0.6) is 0 Å². The molecule has 0 bridgehead atoms. The molecular formula is C26H23F4N3O3. The van der Waals surface area contributed by atoms with Crippen molar-refractivity contribution in [2.24, 2.45) is 0 Å². The van der Waals surface area contributed by atoms with Crippen LogP contribution in [0.4, 0.5) is 23.2 Å². The van der Waals surface area contributed by atoms with Crippen molar-refractivity contribution in [3.63, 3.8) is 0 Å². The Kier molecular flexibility index (Phi) is 5.65. The van der Waals surface area contributed by atoms with E-state index in [9.17, 15) is 32.3 Å². The van der Waals surface area contributed by atoms with Crippen molar-refractivity contribution in [3.05, 3.63) is 70.8 Å². The Morgan fingerprint density at radius 2 is 1.89 bits per heavy atom. The fraction of sp³-hybridized carbons (Fsp3) is 0.346. The standard InChI is InChI=1S/C26H23F4N3O3/c1-14-9-17(11-19(23(34)35)22(14)15-12-31-33(13-15)18-3-2-4-18)32-24(36)25(7-8-25)20-6-5-16(10-21(20)27)26(28,29)30/h5-6,9-13,18H,2-4,7-8H2,1H3,(H,32,36)(H,34,35). The summed E-state index contributed by atoms with van der Waals surface area (Å²) in [5.74, 6) is -2.88. The van der Waals surface area contributed by atoms with Gasteiger partial charge in [-0.15, -0.1) is 0 Å². The van der Waals surface area contributed by atoms with Crippen LogP contribution in [0.25, 0.3) is 11.1 Å². The van der Waals surface area contributed by atoms with E-state index in [1.165, 1.54) is 6.07 Å². The topological polar surface area (TPSA) is 84.2 Å². The molecule has 2 aliphatic rings. The number of rotatable bonds is 6. The van der Waals surface area contributed by atoms with E-state index in [1.807, 2.05) is 10.9 Å². The van der Waals surface area contributed by atoms with Gasteiger partial charge in [-0.05, 0) is 68.9 Å². The molecule has 1 aromatic heterocycles. The van der Waals surface area contributed by atoms with Crippen LogP contribution >= 0.6 is 0 Å². The number of amides is 1. The Morgan fingerprint density at radius 1 is 1.17 bits per heavy atom. The molecule has 0 saturated heterocycles. The Balaban J connectivity index is 1.43. The van der Waals surface area contributed by atoms with E-state index in [1.54, 1.807) is 19.2 Å². The number of halogens is 4. The van der Waals surface area contributed by atoms with Crippen molar-refractivity contribution < 1.29 is 32.3 Å². The maximum Gasteiger partial charge on any atom is 0.416 e. The molecular weight excluding hydrogens is 478 g/mol. The summed E-state index contributed by atoms with van der Waals surface area (Å²) in [5, 5.41) is 16.9. The molecule has 0 radical (unpaired) electrons. The van der Waals surface area contributed by atoms with E-state index >= 15 is 0 Å². The van der Waals surface area contributed by atoms with Crippen LogP contribution < -0.4 is 5.32 Å². The Hall–Kier alpha value is -3.69. The highest BCUT2D eigenvalue weighted by molar-refractivity contribution is 6.04. The average Bonchev–Trinajstić information content (AvgIpc) is 3.44. The molecule has 2 N–H and O–H groups in total. The fourth-order valence-corrected chi connectivity index (χ4v) is 4.80. The summed E-state index contributed by atoms with van der Waals surface area (Å²) < 4.78 is 55.2. The van der Waals surface area contributed by atoms with Gasteiger partial charge in [0, 0.05) is 28.6 Å². The van der Waals surface area contributed by atoms with Gasteiger partial charge in [-0.3, -0.25) is 9.48 Å². The van der Waals surface area contributed by atoms with Crippen molar-refractivity contribution in [1.29, 1.82) is 0 Å².